The normalized spacial score (nSPS) is 18.2. The summed E-state index contributed by atoms with van der Waals surface area (Å²) >= 11 is 1.35. The third kappa shape index (κ3) is 2.21. The number of rotatable bonds is 3. The molecule has 6 heteroatoms. The zero-order valence-electron chi connectivity index (χ0n) is 11.1. The zero-order chi connectivity index (χ0) is 14.3. The van der Waals surface area contributed by atoms with E-state index in [2.05, 4.69) is 0 Å². The number of hydrogen-bond donors (Lipinski definition) is 1. The first-order valence-corrected chi connectivity index (χ1v) is 7.16. The lowest BCUT2D eigenvalue weighted by atomic mass is 10.2. The molecule has 20 heavy (non-hydrogen) atoms. The molecule has 1 aliphatic rings. The van der Waals surface area contributed by atoms with E-state index in [4.69, 9.17) is 14.2 Å². The first-order valence-electron chi connectivity index (χ1n) is 6.34. The predicted molar refractivity (Wildman–Crippen MR) is 74.5 cm³/mol. The van der Waals surface area contributed by atoms with Gasteiger partial charge in [-0.05, 0) is 31.4 Å². The molecule has 2 aromatic rings. The maximum atomic E-state index is 11.7. The fraction of sp³-hybridized carbons (Fsp3) is 0.357. The molecule has 0 saturated carbocycles. The highest BCUT2D eigenvalue weighted by Gasteiger charge is 2.29. The molecule has 0 bridgehead atoms. The van der Waals surface area contributed by atoms with Crippen molar-refractivity contribution in [2.75, 3.05) is 6.61 Å². The van der Waals surface area contributed by atoms with Crippen LogP contribution in [-0.4, -0.2) is 30.1 Å². The number of aliphatic hydroxyl groups excluding tert-OH is 1. The Balaban J connectivity index is 1.94. The number of carbonyl (C=O) groups is 1. The van der Waals surface area contributed by atoms with Crippen LogP contribution in [-0.2, 0) is 4.74 Å². The van der Waals surface area contributed by atoms with Crippen LogP contribution in [0.2, 0.25) is 0 Å². The summed E-state index contributed by atoms with van der Waals surface area (Å²) in [6, 6.07) is 5.41. The van der Waals surface area contributed by atoms with Crippen molar-refractivity contribution in [2.24, 2.45) is 0 Å². The second kappa shape index (κ2) is 4.96. The summed E-state index contributed by atoms with van der Waals surface area (Å²) in [5.74, 6) is 0.842. The van der Waals surface area contributed by atoms with Crippen LogP contribution in [0.5, 0.6) is 11.5 Å². The third-order valence-electron chi connectivity index (χ3n) is 2.94. The van der Waals surface area contributed by atoms with Gasteiger partial charge in [0.2, 0.25) is 0 Å². The number of ether oxygens (including phenoxy) is 3. The topological polar surface area (TPSA) is 65.0 Å². The summed E-state index contributed by atoms with van der Waals surface area (Å²) in [7, 11) is 0. The Morgan fingerprint density at radius 2 is 2.10 bits per heavy atom. The van der Waals surface area contributed by atoms with E-state index < -0.39 is 12.4 Å². The second-order valence-corrected chi connectivity index (χ2v) is 5.60. The molecular weight excluding hydrogens is 280 g/mol. The first kappa shape index (κ1) is 13.2. The van der Waals surface area contributed by atoms with Crippen LogP contribution in [0, 0.1) is 0 Å². The smallest absolute Gasteiger partial charge is 0.348 e. The summed E-state index contributed by atoms with van der Waals surface area (Å²) in [6.45, 7) is 3.74. The van der Waals surface area contributed by atoms with Gasteiger partial charge >= 0.3 is 5.97 Å². The molecule has 0 saturated heterocycles. The quantitative estimate of drug-likeness (QED) is 0.881. The summed E-state index contributed by atoms with van der Waals surface area (Å²) in [5, 5.41) is 10.4. The zero-order valence-corrected chi connectivity index (χ0v) is 11.9. The molecule has 2 atom stereocenters. The molecule has 0 fully saturated rings. The minimum absolute atomic E-state index is 0.322. The van der Waals surface area contributed by atoms with Crippen molar-refractivity contribution in [1.29, 1.82) is 0 Å². The van der Waals surface area contributed by atoms with Gasteiger partial charge in [-0.1, -0.05) is 0 Å². The van der Waals surface area contributed by atoms with E-state index in [0.29, 0.717) is 23.0 Å². The second-order valence-electron chi connectivity index (χ2n) is 4.51. The van der Waals surface area contributed by atoms with E-state index in [9.17, 15) is 9.90 Å². The Kier molecular flexibility index (Phi) is 3.27. The van der Waals surface area contributed by atoms with Crippen LogP contribution >= 0.6 is 11.3 Å². The van der Waals surface area contributed by atoms with Crippen molar-refractivity contribution in [2.45, 2.75) is 26.2 Å². The minimum atomic E-state index is -0.712. The highest BCUT2D eigenvalue weighted by Crippen LogP contribution is 2.41. The fourth-order valence-corrected chi connectivity index (χ4v) is 2.97. The van der Waals surface area contributed by atoms with Crippen LogP contribution in [0.3, 0.4) is 0 Å². The predicted octanol–water partition coefficient (Wildman–Crippen LogP) is 2.56. The highest BCUT2D eigenvalue weighted by molar-refractivity contribution is 7.20. The van der Waals surface area contributed by atoms with Gasteiger partial charge in [0.05, 0.1) is 6.61 Å². The summed E-state index contributed by atoms with van der Waals surface area (Å²) in [6.07, 6.45) is -1.39. The van der Waals surface area contributed by atoms with Crippen LogP contribution in [0.25, 0.3) is 10.1 Å². The number of fused-ring (bicyclic) bond motifs is 2. The Hall–Kier alpha value is -1.79. The van der Waals surface area contributed by atoms with Gasteiger partial charge in [-0.25, -0.2) is 4.79 Å². The molecule has 2 unspecified atom stereocenters. The number of aliphatic hydroxyl groups is 1. The van der Waals surface area contributed by atoms with Crippen molar-refractivity contribution in [3.05, 3.63) is 23.1 Å². The minimum Gasteiger partial charge on any atom is -0.462 e. The average molecular weight is 294 g/mol. The van der Waals surface area contributed by atoms with Crippen molar-refractivity contribution in [3.63, 3.8) is 0 Å². The molecular formula is C14H14O5S. The maximum absolute atomic E-state index is 11.7. The van der Waals surface area contributed by atoms with Gasteiger partial charge in [0.1, 0.15) is 11.0 Å². The lowest BCUT2D eigenvalue weighted by Crippen LogP contribution is -2.30. The van der Waals surface area contributed by atoms with E-state index in [1.54, 1.807) is 19.9 Å². The maximum Gasteiger partial charge on any atom is 0.348 e. The number of carbonyl (C=O) groups excluding carboxylic acids is 1. The van der Waals surface area contributed by atoms with Gasteiger partial charge in [0.15, 0.2) is 11.5 Å². The van der Waals surface area contributed by atoms with Crippen molar-refractivity contribution in [1.82, 2.24) is 0 Å². The number of hydrogen-bond acceptors (Lipinski definition) is 6. The molecule has 1 N–H and O–H groups in total. The van der Waals surface area contributed by atoms with Crippen molar-refractivity contribution < 1.29 is 24.1 Å². The molecule has 0 amide bonds. The molecule has 0 radical (unpaired) electrons. The summed E-state index contributed by atoms with van der Waals surface area (Å²) in [5.41, 5.74) is 0. The van der Waals surface area contributed by atoms with Gasteiger partial charge in [-0.3, -0.25) is 0 Å². The lowest BCUT2D eigenvalue weighted by molar-refractivity contribution is -0.0495. The molecule has 1 aromatic heterocycles. The van der Waals surface area contributed by atoms with E-state index in [-0.39, 0.29) is 5.97 Å². The molecule has 1 aliphatic heterocycles. The first-order chi connectivity index (χ1) is 9.58. The summed E-state index contributed by atoms with van der Waals surface area (Å²) < 4.78 is 16.9. The van der Waals surface area contributed by atoms with Gasteiger partial charge in [0, 0.05) is 10.8 Å². The van der Waals surface area contributed by atoms with Crippen molar-refractivity contribution in [3.8, 4) is 11.5 Å². The number of benzene rings is 1. The Morgan fingerprint density at radius 3 is 2.75 bits per heavy atom. The van der Waals surface area contributed by atoms with Crippen molar-refractivity contribution >= 4 is 27.4 Å². The molecule has 3 rings (SSSR count). The van der Waals surface area contributed by atoms with Gasteiger partial charge < -0.3 is 19.3 Å². The van der Waals surface area contributed by atoms with Crippen LogP contribution in [0.15, 0.2) is 18.2 Å². The third-order valence-corrected chi connectivity index (χ3v) is 4.02. The highest BCUT2D eigenvalue weighted by atomic mass is 32.1. The van der Waals surface area contributed by atoms with E-state index >= 15 is 0 Å². The average Bonchev–Trinajstić information content (AvgIpc) is 2.98. The van der Waals surface area contributed by atoms with Crippen LogP contribution in [0.1, 0.15) is 23.5 Å². The number of thiophene rings is 1. The van der Waals surface area contributed by atoms with Gasteiger partial charge in [-0.15, -0.1) is 11.3 Å². The lowest BCUT2D eigenvalue weighted by Gasteiger charge is -2.11. The Bertz CT molecular complexity index is 618. The molecule has 1 aromatic carbocycles. The fourth-order valence-electron chi connectivity index (χ4n) is 2.01. The molecule has 0 spiro atoms. The summed E-state index contributed by atoms with van der Waals surface area (Å²) in [4.78, 5) is 12.3. The van der Waals surface area contributed by atoms with Crippen LogP contribution < -0.4 is 9.47 Å². The Morgan fingerprint density at radius 1 is 1.40 bits per heavy atom. The molecule has 5 nitrogen and oxygen atoms in total. The van der Waals surface area contributed by atoms with E-state index in [1.807, 2.05) is 12.1 Å². The van der Waals surface area contributed by atoms with Crippen LogP contribution in [0.4, 0.5) is 0 Å². The van der Waals surface area contributed by atoms with E-state index in [0.717, 1.165) is 10.1 Å². The standard InChI is InChI=1S/C14H14O5S/c1-3-17-13(16)12-5-8-4-9-10(6-11(8)20-12)19-14(18-9)7(2)15/h4-7,14-15H,3H2,1-2H3. The molecule has 0 aliphatic carbocycles. The molecule has 2 heterocycles. The van der Waals surface area contributed by atoms with Gasteiger partial charge in [0.25, 0.3) is 6.29 Å². The SMILES string of the molecule is CCOC(=O)c1cc2cc3c(cc2s1)OC(C(C)O)O3. The largest absolute Gasteiger partial charge is 0.462 e. The van der Waals surface area contributed by atoms with Gasteiger partial charge in [-0.2, -0.15) is 0 Å². The number of esters is 1. The van der Waals surface area contributed by atoms with E-state index in [1.165, 1.54) is 11.3 Å². The Labute approximate surface area is 119 Å². The monoisotopic (exact) mass is 294 g/mol. The molecule has 106 valence electrons.